The van der Waals surface area contributed by atoms with Crippen molar-refractivity contribution in [3.8, 4) is 0 Å². The lowest BCUT2D eigenvalue weighted by Gasteiger charge is -2.44. The molecule has 0 aliphatic carbocycles. The van der Waals surface area contributed by atoms with E-state index in [0.29, 0.717) is 11.0 Å². The molecule has 11 heteroatoms. The zero-order chi connectivity index (χ0) is 25.0. The van der Waals surface area contributed by atoms with Crippen LogP contribution in [0.1, 0.15) is 39.4 Å². The van der Waals surface area contributed by atoms with Gasteiger partial charge >= 0.3 is 29.5 Å². The maximum absolute atomic E-state index is 12.9. The van der Waals surface area contributed by atoms with Gasteiger partial charge in [-0.25, -0.2) is 4.79 Å². The van der Waals surface area contributed by atoms with Crippen LogP contribution in [0.25, 0.3) is 11.0 Å². The summed E-state index contributed by atoms with van der Waals surface area (Å²) in [6.07, 6.45) is -6.55. The van der Waals surface area contributed by atoms with E-state index in [4.69, 9.17) is 28.1 Å². The van der Waals surface area contributed by atoms with Crippen LogP contribution in [-0.2, 0) is 42.9 Å². The molecule has 2 aromatic rings. The van der Waals surface area contributed by atoms with Gasteiger partial charge in [0.2, 0.25) is 0 Å². The monoisotopic (exact) mass is 476 g/mol. The second-order valence-electron chi connectivity index (χ2n) is 7.65. The Morgan fingerprint density at radius 2 is 1.41 bits per heavy atom. The molecule has 0 N–H and O–H groups in total. The number of hydrogen-bond acceptors (Lipinski definition) is 11. The minimum Gasteiger partial charge on any atom is -0.463 e. The lowest BCUT2D eigenvalue weighted by Crippen LogP contribution is -2.60. The average molecular weight is 476 g/mol. The first kappa shape index (κ1) is 24.9. The van der Waals surface area contributed by atoms with Crippen molar-refractivity contribution in [2.75, 3.05) is 6.61 Å². The fourth-order valence-corrected chi connectivity index (χ4v) is 3.75. The highest BCUT2D eigenvalue weighted by Gasteiger charge is 2.53. The van der Waals surface area contributed by atoms with Gasteiger partial charge in [0, 0.05) is 33.1 Å². The highest BCUT2D eigenvalue weighted by molar-refractivity contribution is 5.77. The Morgan fingerprint density at radius 1 is 0.824 bits per heavy atom. The van der Waals surface area contributed by atoms with E-state index in [-0.39, 0.29) is 5.56 Å². The first-order valence-electron chi connectivity index (χ1n) is 10.4. The minimum absolute atomic E-state index is 0.0313. The van der Waals surface area contributed by atoms with E-state index in [1.165, 1.54) is 13.0 Å². The summed E-state index contributed by atoms with van der Waals surface area (Å²) >= 11 is 0. The maximum atomic E-state index is 12.9. The second kappa shape index (κ2) is 10.5. The van der Waals surface area contributed by atoms with Crippen LogP contribution in [0, 0.1) is 0 Å². The summed E-state index contributed by atoms with van der Waals surface area (Å²) in [5.41, 5.74) is -0.488. The average Bonchev–Trinajstić information content (AvgIpc) is 2.74. The number of hydrogen-bond donors (Lipinski definition) is 0. The van der Waals surface area contributed by atoms with Gasteiger partial charge in [-0.2, -0.15) is 0 Å². The topological polar surface area (TPSA) is 145 Å². The van der Waals surface area contributed by atoms with Gasteiger partial charge in [0.05, 0.1) is 5.56 Å². The number of ether oxygens (including phenoxy) is 5. The van der Waals surface area contributed by atoms with Crippen LogP contribution >= 0.6 is 0 Å². The van der Waals surface area contributed by atoms with Crippen molar-refractivity contribution < 1.29 is 47.3 Å². The van der Waals surface area contributed by atoms with Crippen molar-refractivity contribution in [2.24, 2.45) is 0 Å². The number of carbonyl (C=O) groups excluding carboxylic acids is 4. The summed E-state index contributed by atoms with van der Waals surface area (Å²) in [4.78, 5) is 60.0. The molecule has 11 nitrogen and oxygen atoms in total. The Bertz CT molecular complexity index is 1150. The highest BCUT2D eigenvalue weighted by Crippen LogP contribution is 2.37. The summed E-state index contributed by atoms with van der Waals surface area (Å²) < 4.78 is 32.5. The minimum atomic E-state index is -1.39. The third kappa shape index (κ3) is 5.79. The lowest BCUT2D eigenvalue weighted by molar-refractivity contribution is -0.254. The summed E-state index contributed by atoms with van der Waals surface area (Å²) in [7, 11) is 0. The summed E-state index contributed by atoms with van der Waals surface area (Å²) in [6.45, 7) is 4.14. The number of esters is 4. The van der Waals surface area contributed by atoms with E-state index >= 15 is 0 Å². The first-order valence-corrected chi connectivity index (χ1v) is 10.4. The fraction of sp³-hybridized carbons (Fsp3) is 0.435. The van der Waals surface area contributed by atoms with Crippen LogP contribution in [0.3, 0.4) is 0 Å². The molecule has 0 spiro atoms. The number of fused-ring (bicyclic) bond motifs is 1. The molecule has 1 aromatic heterocycles. The lowest BCUT2D eigenvalue weighted by atomic mass is 9.90. The molecule has 182 valence electrons. The summed E-state index contributed by atoms with van der Waals surface area (Å²) in [5.74, 6) is -2.92. The zero-order valence-corrected chi connectivity index (χ0v) is 19.0. The van der Waals surface area contributed by atoms with E-state index in [1.807, 2.05) is 0 Å². The van der Waals surface area contributed by atoms with Crippen molar-refractivity contribution in [2.45, 2.75) is 58.2 Å². The number of carbonyl (C=O) groups is 4. The highest BCUT2D eigenvalue weighted by atomic mass is 16.7. The van der Waals surface area contributed by atoms with Crippen molar-refractivity contribution in [3.63, 3.8) is 0 Å². The third-order valence-electron chi connectivity index (χ3n) is 4.97. The Balaban J connectivity index is 2.15. The molecule has 1 fully saturated rings. The van der Waals surface area contributed by atoms with E-state index in [0.717, 1.165) is 20.8 Å². The molecule has 1 aromatic carbocycles. The van der Waals surface area contributed by atoms with Gasteiger partial charge in [0.1, 0.15) is 24.4 Å². The van der Waals surface area contributed by atoms with Gasteiger partial charge in [0.15, 0.2) is 18.3 Å². The molecule has 5 atom stereocenters. The predicted molar refractivity (Wildman–Crippen MR) is 113 cm³/mol. The normalized spacial score (nSPS) is 24.2. The molecule has 0 radical (unpaired) electrons. The van der Waals surface area contributed by atoms with Gasteiger partial charge in [-0.15, -0.1) is 0 Å². The molecule has 2 heterocycles. The van der Waals surface area contributed by atoms with E-state index in [1.54, 1.807) is 24.3 Å². The standard InChI is InChI=1S/C23H24O11/c1-11(24)29-10-18-20(30-12(2)25)22(32-14(4)27)21(31-13(3)26)19(33-18)16-9-15-7-5-6-8-17(15)34-23(16)28/h5-9,18-22H,10H2,1-4H3/t18-,19-,20-,21-,22+/m1/s1. The van der Waals surface area contributed by atoms with E-state index in [9.17, 15) is 24.0 Å². The smallest absolute Gasteiger partial charge is 0.342 e. The molecule has 0 saturated carbocycles. The predicted octanol–water partition coefficient (Wildman–Crippen LogP) is 1.59. The molecule has 1 aliphatic heterocycles. The zero-order valence-electron chi connectivity index (χ0n) is 19.0. The molecule has 0 bridgehead atoms. The quantitative estimate of drug-likeness (QED) is 0.340. The summed E-state index contributed by atoms with van der Waals surface area (Å²) in [6, 6.07) is 8.24. The van der Waals surface area contributed by atoms with Gasteiger partial charge < -0.3 is 28.1 Å². The third-order valence-corrected chi connectivity index (χ3v) is 4.97. The number of rotatable bonds is 6. The molecular formula is C23H24O11. The van der Waals surface area contributed by atoms with E-state index < -0.39 is 66.6 Å². The van der Waals surface area contributed by atoms with Crippen LogP contribution < -0.4 is 5.63 Å². The molecule has 1 aliphatic rings. The van der Waals surface area contributed by atoms with Crippen LogP contribution in [-0.4, -0.2) is 54.9 Å². The van der Waals surface area contributed by atoms with Crippen molar-refractivity contribution in [3.05, 3.63) is 46.3 Å². The molecule has 3 rings (SSSR count). The van der Waals surface area contributed by atoms with Gasteiger partial charge in [0.25, 0.3) is 0 Å². The number of benzene rings is 1. The van der Waals surface area contributed by atoms with Gasteiger partial charge in [-0.3, -0.25) is 19.2 Å². The largest absolute Gasteiger partial charge is 0.463 e. The SMILES string of the molecule is CC(=O)OC[C@H]1O[C@H](c2cc3ccccc3oc2=O)[C@@H](OC(C)=O)[C@@H](OC(C)=O)[C@@H]1OC(C)=O. The van der Waals surface area contributed by atoms with Crippen molar-refractivity contribution in [1.29, 1.82) is 0 Å². The Morgan fingerprint density at radius 3 is 2.03 bits per heavy atom. The summed E-state index contributed by atoms with van der Waals surface area (Å²) in [5, 5.41) is 0.560. The Labute approximate surface area is 193 Å². The van der Waals surface area contributed by atoms with Crippen molar-refractivity contribution in [1.82, 2.24) is 0 Å². The molecule has 0 unspecified atom stereocenters. The van der Waals surface area contributed by atoms with Gasteiger partial charge in [-0.05, 0) is 12.1 Å². The maximum Gasteiger partial charge on any atom is 0.342 e. The fourth-order valence-electron chi connectivity index (χ4n) is 3.75. The molecular weight excluding hydrogens is 452 g/mol. The Kier molecular flexibility index (Phi) is 7.67. The Hall–Kier alpha value is -3.73. The van der Waals surface area contributed by atoms with Crippen molar-refractivity contribution >= 4 is 34.8 Å². The first-order chi connectivity index (χ1) is 16.1. The van der Waals surface area contributed by atoms with Gasteiger partial charge in [-0.1, -0.05) is 18.2 Å². The number of para-hydroxylation sites is 1. The van der Waals surface area contributed by atoms with Crippen LogP contribution in [0.4, 0.5) is 0 Å². The van der Waals surface area contributed by atoms with Crippen LogP contribution in [0.5, 0.6) is 0 Å². The second-order valence-corrected chi connectivity index (χ2v) is 7.65. The van der Waals surface area contributed by atoms with Crippen LogP contribution in [0.2, 0.25) is 0 Å². The molecule has 1 saturated heterocycles. The molecule has 34 heavy (non-hydrogen) atoms. The molecule has 0 amide bonds. The van der Waals surface area contributed by atoms with E-state index in [2.05, 4.69) is 0 Å². The van der Waals surface area contributed by atoms with Crippen LogP contribution in [0.15, 0.2) is 39.5 Å².